The second kappa shape index (κ2) is 11.0. The molecule has 0 aliphatic carbocycles. The fourth-order valence-electron chi connectivity index (χ4n) is 1.74. The Morgan fingerprint density at radius 2 is 1.50 bits per heavy atom. The first-order valence-corrected chi connectivity index (χ1v) is 6.55. The third-order valence-electron chi connectivity index (χ3n) is 3.04. The molecule has 0 fully saturated rings. The summed E-state index contributed by atoms with van der Waals surface area (Å²) in [4.78, 5) is 0. The smallest absolute Gasteiger partial charge is 0.00207 e. The summed E-state index contributed by atoms with van der Waals surface area (Å²) in [6.07, 6.45) is 9.58. The Morgan fingerprint density at radius 3 is 2.07 bits per heavy atom. The van der Waals surface area contributed by atoms with Crippen molar-refractivity contribution in [1.82, 2.24) is 5.32 Å². The van der Waals surface area contributed by atoms with Crippen molar-refractivity contribution in [2.45, 2.75) is 65.7 Å². The Hall–Kier alpha value is -0.0400. The lowest BCUT2D eigenvalue weighted by Gasteiger charge is -2.12. The zero-order chi connectivity index (χ0) is 10.6. The van der Waals surface area contributed by atoms with Gasteiger partial charge in [0.15, 0.2) is 0 Å². The predicted octanol–water partition coefficient (Wildman–Crippen LogP) is 3.98. The molecule has 1 N–H and O–H groups in total. The molecule has 0 radical (unpaired) electrons. The van der Waals surface area contributed by atoms with Gasteiger partial charge in [-0.3, -0.25) is 0 Å². The van der Waals surface area contributed by atoms with Gasteiger partial charge in [0, 0.05) is 0 Å². The van der Waals surface area contributed by atoms with E-state index in [9.17, 15) is 0 Å². The lowest BCUT2D eigenvalue weighted by Crippen LogP contribution is -2.23. The van der Waals surface area contributed by atoms with E-state index in [1.807, 2.05) is 0 Å². The highest BCUT2D eigenvalue weighted by Gasteiger charge is 2.01. The minimum absolute atomic E-state index is 0.894. The van der Waals surface area contributed by atoms with Gasteiger partial charge in [-0.1, -0.05) is 59.3 Å². The summed E-state index contributed by atoms with van der Waals surface area (Å²) >= 11 is 0. The minimum atomic E-state index is 0.894. The van der Waals surface area contributed by atoms with Crippen LogP contribution in [-0.2, 0) is 0 Å². The van der Waals surface area contributed by atoms with Crippen LogP contribution in [0.2, 0.25) is 0 Å². The predicted molar refractivity (Wildman–Crippen MR) is 65.7 cm³/mol. The molecule has 0 spiro atoms. The van der Waals surface area contributed by atoms with Crippen LogP contribution >= 0.6 is 0 Å². The third-order valence-corrected chi connectivity index (χ3v) is 3.04. The lowest BCUT2D eigenvalue weighted by molar-refractivity contribution is 0.444. The minimum Gasteiger partial charge on any atom is -0.316 e. The van der Waals surface area contributed by atoms with E-state index >= 15 is 0 Å². The molecule has 0 saturated carbocycles. The maximum Gasteiger partial charge on any atom is -0.00207 e. The second-order valence-corrected chi connectivity index (χ2v) is 4.30. The van der Waals surface area contributed by atoms with Gasteiger partial charge in [0.25, 0.3) is 0 Å². The van der Waals surface area contributed by atoms with E-state index in [1.165, 1.54) is 58.0 Å². The molecule has 0 bridgehead atoms. The van der Waals surface area contributed by atoms with Gasteiger partial charge < -0.3 is 5.32 Å². The van der Waals surface area contributed by atoms with Crippen LogP contribution in [0.3, 0.4) is 0 Å². The molecule has 0 aromatic rings. The standard InChI is InChI=1S/C13H29N/c1-4-7-8-9-10-11-14-12-13(5-2)6-3/h13-14H,4-12H2,1-3H3. The number of nitrogens with one attached hydrogen (secondary N) is 1. The fourth-order valence-corrected chi connectivity index (χ4v) is 1.74. The molecule has 0 aromatic carbocycles. The van der Waals surface area contributed by atoms with Crippen LogP contribution in [0.15, 0.2) is 0 Å². The molecule has 1 nitrogen and oxygen atoms in total. The largest absolute Gasteiger partial charge is 0.316 e. The Bertz CT molecular complexity index is 97.4. The molecular formula is C13H29N. The highest BCUT2D eigenvalue weighted by molar-refractivity contribution is 4.58. The summed E-state index contributed by atoms with van der Waals surface area (Å²) in [5.74, 6) is 0.894. The molecule has 1 heteroatoms. The van der Waals surface area contributed by atoms with E-state index in [0.717, 1.165) is 5.92 Å². The quantitative estimate of drug-likeness (QED) is 0.525. The topological polar surface area (TPSA) is 12.0 Å². The van der Waals surface area contributed by atoms with Crippen LogP contribution < -0.4 is 5.32 Å². The van der Waals surface area contributed by atoms with E-state index in [4.69, 9.17) is 0 Å². The maximum absolute atomic E-state index is 3.56. The van der Waals surface area contributed by atoms with Crippen LogP contribution in [0, 0.1) is 5.92 Å². The Balaban J connectivity index is 3.04. The molecule has 0 amide bonds. The zero-order valence-electron chi connectivity index (χ0n) is 10.4. The van der Waals surface area contributed by atoms with Gasteiger partial charge in [0.2, 0.25) is 0 Å². The van der Waals surface area contributed by atoms with E-state index in [2.05, 4.69) is 26.1 Å². The second-order valence-electron chi connectivity index (χ2n) is 4.30. The van der Waals surface area contributed by atoms with Crippen molar-refractivity contribution in [1.29, 1.82) is 0 Å². The summed E-state index contributed by atoms with van der Waals surface area (Å²) < 4.78 is 0. The van der Waals surface area contributed by atoms with Gasteiger partial charge in [-0.25, -0.2) is 0 Å². The molecule has 86 valence electrons. The lowest BCUT2D eigenvalue weighted by atomic mass is 10.0. The summed E-state index contributed by atoms with van der Waals surface area (Å²) in [6, 6.07) is 0. The number of unbranched alkanes of at least 4 members (excludes halogenated alkanes) is 4. The molecule has 0 aliphatic rings. The molecule has 0 aromatic heterocycles. The molecule has 0 heterocycles. The van der Waals surface area contributed by atoms with Crippen LogP contribution in [-0.4, -0.2) is 13.1 Å². The normalized spacial score (nSPS) is 11.1. The van der Waals surface area contributed by atoms with Crippen molar-refractivity contribution >= 4 is 0 Å². The van der Waals surface area contributed by atoms with Gasteiger partial charge in [-0.15, -0.1) is 0 Å². The molecule has 0 aliphatic heterocycles. The van der Waals surface area contributed by atoms with Gasteiger partial charge in [-0.05, 0) is 25.4 Å². The number of hydrogen-bond acceptors (Lipinski definition) is 1. The van der Waals surface area contributed by atoms with E-state index in [1.54, 1.807) is 0 Å². The molecule has 0 saturated heterocycles. The summed E-state index contributed by atoms with van der Waals surface area (Å²) in [7, 11) is 0. The van der Waals surface area contributed by atoms with Gasteiger partial charge in [0.05, 0.1) is 0 Å². The number of rotatable bonds is 10. The van der Waals surface area contributed by atoms with Crippen molar-refractivity contribution < 1.29 is 0 Å². The summed E-state index contributed by atoms with van der Waals surface area (Å²) in [6.45, 7) is 9.29. The number of hydrogen-bond donors (Lipinski definition) is 1. The Morgan fingerprint density at radius 1 is 0.857 bits per heavy atom. The van der Waals surface area contributed by atoms with Gasteiger partial charge in [-0.2, -0.15) is 0 Å². The van der Waals surface area contributed by atoms with Crippen molar-refractivity contribution in [2.75, 3.05) is 13.1 Å². The van der Waals surface area contributed by atoms with E-state index in [-0.39, 0.29) is 0 Å². The fraction of sp³-hybridized carbons (Fsp3) is 1.00. The van der Waals surface area contributed by atoms with Crippen molar-refractivity contribution in [3.63, 3.8) is 0 Å². The van der Waals surface area contributed by atoms with Crippen LogP contribution in [0.1, 0.15) is 65.7 Å². The Kier molecular flexibility index (Phi) is 11.0. The summed E-state index contributed by atoms with van der Waals surface area (Å²) in [5, 5.41) is 3.56. The average Bonchev–Trinajstić information content (AvgIpc) is 2.22. The third kappa shape index (κ3) is 8.55. The van der Waals surface area contributed by atoms with Crippen molar-refractivity contribution in [3.05, 3.63) is 0 Å². The highest BCUT2D eigenvalue weighted by Crippen LogP contribution is 2.05. The van der Waals surface area contributed by atoms with Gasteiger partial charge >= 0.3 is 0 Å². The molecule has 0 atom stereocenters. The summed E-state index contributed by atoms with van der Waals surface area (Å²) in [5.41, 5.74) is 0. The van der Waals surface area contributed by atoms with Crippen molar-refractivity contribution in [2.24, 2.45) is 5.92 Å². The first kappa shape index (κ1) is 14.0. The Labute approximate surface area is 90.7 Å². The first-order chi connectivity index (χ1) is 6.85. The first-order valence-electron chi connectivity index (χ1n) is 6.55. The monoisotopic (exact) mass is 199 g/mol. The van der Waals surface area contributed by atoms with Crippen LogP contribution in [0.25, 0.3) is 0 Å². The zero-order valence-corrected chi connectivity index (χ0v) is 10.4. The SMILES string of the molecule is CCCCCCCNCC(CC)CC. The molecule has 0 unspecified atom stereocenters. The molecule has 14 heavy (non-hydrogen) atoms. The average molecular weight is 199 g/mol. The maximum atomic E-state index is 3.56. The van der Waals surface area contributed by atoms with Crippen molar-refractivity contribution in [3.8, 4) is 0 Å². The van der Waals surface area contributed by atoms with Crippen LogP contribution in [0.5, 0.6) is 0 Å². The highest BCUT2D eigenvalue weighted by atomic mass is 14.8. The molecular weight excluding hydrogens is 170 g/mol. The molecule has 0 rings (SSSR count). The van der Waals surface area contributed by atoms with Crippen LogP contribution in [0.4, 0.5) is 0 Å². The van der Waals surface area contributed by atoms with E-state index in [0.29, 0.717) is 0 Å². The van der Waals surface area contributed by atoms with E-state index < -0.39 is 0 Å². The van der Waals surface area contributed by atoms with Gasteiger partial charge in [0.1, 0.15) is 0 Å².